The first-order chi connectivity index (χ1) is 15.4. The molecule has 0 saturated carbocycles. The number of ether oxygens (including phenoxy) is 1. The predicted molar refractivity (Wildman–Crippen MR) is 124 cm³/mol. The van der Waals surface area contributed by atoms with Crippen LogP contribution in [0.3, 0.4) is 0 Å². The second-order valence-corrected chi connectivity index (χ2v) is 9.34. The molecule has 0 radical (unpaired) electrons. The van der Waals surface area contributed by atoms with Gasteiger partial charge in [0, 0.05) is 6.07 Å². The smallest absolute Gasteiger partial charge is 0.212 e. The van der Waals surface area contributed by atoms with Crippen LogP contribution < -0.4 is 10.5 Å². The summed E-state index contributed by atoms with van der Waals surface area (Å²) in [5.74, 6) is 0.657. The molecule has 5 aromatic rings. The van der Waals surface area contributed by atoms with Crippen LogP contribution in [0.2, 0.25) is 0 Å². The van der Waals surface area contributed by atoms with Gasteiger partial charge in [-0.25, -0.2) is 18.4 Å². The topological polar surface area (TPSA) is 100 Å². The molecule has 5 rings (SSSR count). The molecule has 0 aliphatic carbocycles. The Bertz CT molecular complexity index is 1590. The van der Waals surface area contributed by atoms with E-state index < -0.39 is 9.84 Å². The van der Waals surface area contributed by atoms with Gasteiger partial charge in [0.25, 0.3) is 0 Å². The molecule has 0 aliphatic rings. The van der Waals surface area contributed by atoms with Crippen molar-refractivity contribution >= 4 is 37.9 Å². The number of aryl methyl sites for hydroxylation is 1. The van der Waals surface area contributed by atoms with Gasteiger partial charge in [0.1, 0.15) is 22.0 Å². The maximum absolute atomic E-state index is 13.7. The molecule has 0 fully saturated rings. The Morgan fingerprint density at radius 2 is 1.59 bits per heavy atom. The fraction of sp³-hybridized carbons (Fsp3) is 0.0833. The van der Waals surface area contributed by atoms with Crippen molar-refractivity contribution in [1.82, 2.24) is 14.5 Å². The van der Waals surface area contributed by atoms with Crippen molar-refractivity contribution < 1.29 is 13.2 Å². The summed E-state index contributed by atoms with van der Waals surface area (Å²) in [7, 11) is -2.40. The van der Waals surface area contributed by atoms with Crippen LogP contribution >= 0.6 is 0 Å². The number of nitrogens with zero attached hydrogens (tertiary/aromatic N) is 3. The fourth-order valence-corrected chi connectivity index (χ4v) is 5.24. The number of benzene rings is 3. The summed E-state index contributed by atoms with van der Waals surface area (Å²) in [6.45, 7) is 1.90. The van der Waals surface area contributed by atoms with Gasteiger partial charge in [0.2, 0.25) is 9.84 Å². The highest BCUT2D eigenvalue weighted by molar-refractivity contribution is 7.92. The molecule has 0 bridgehead atoms. The Labute approximate surface area is 185 Å². The summed E-state index contributed by atoms with van der Waals surface area (Å²) < 4.78 is 34.4. The van der Waals surface area contributed by atoms with E-state index in [-0.39, 0.29) is 21.1 Å². The van der Waals surface area contributed by atoms with Gasteiger partial charge in [-0.05, 0) is 43.3 Å². The third-order valence-electron chi connectivity index (χ3n) is 5.36. The van der Waals surface area contributed by atoms with Gasteiger partial charge in [-0.15, -0.1) is 0 Å². The van der Waals surface area contributed by atoms with Gasteiger partial charge in [0.15, 0.2) is 5.65 Å². The van der Waals surface area contributed by atoms with E-state index >= 15 is 0 Å². The minimum absolute atomic E-state index is 0.0455. The van der Waals surface area contributed by atoms with Crippen LogP contribution in [0.15, 0.2) is 82.6 Å². The summed E-state index contributed by atoms with van der Waals surface area (Å²) >= 11 is 0. The molecule has 0 amide bonds. The first-order valence-corrected chi connectivity index (χ1v) is 11.4. The zero-order valence-corrected chi connectivity index (χ0v) is 18.3. The van der Waals surface area contributed by atoms with Crippen molar-refractivity contribution in [3.05, 3.63) is 78.4 Å². The first-order valence-electron chi connectivity index (χ1n) is 9.93. The number of para-hydroxylation sites is 2. The molecule has 7 nitrogen and oxygen atoms in total. The van der Waals surface area contributed by atoms with E-state index in [1.165, 1.54) is 0 Å². The maximum atomic E-state index is 13.7. The lowest BCUT2D eigenvalue weighted by atomic mass is 10.2. The van der Waals surface area contributed by atoms with E-state index in [0.717, 1.165) is 5.56 Å². The second-order valence-electron chi connectivity index (χ2n) is 7.45. The van der Waals surface area contributed by atoms with Gasteiger partial charge in [-0.3, -0.25) is 4.57 Å². The molecular formula is C24H20N4O3S. The van der Waals surface area contributed by atoms with Crippen LogP contribution in [0.1, 0.15) is 5.56 Å². The lowest BCUT2D eigenvalue weighted by Crippen LogP contribution is -2.07. The molecule has 2 N–H and O–H groups in total. The van der Waals surface area contributed by atoms with Gasteiger partial charge in [0.05, 0.1) is 28.7 Å². The molecule has 2 aromatic heterocycles. The largest absolute Gasteiger partial charge is 0.497 e. The minimum Gasteiger partial charge on any atom is -0.497 e. The predicted octanol–water partition coefficient (Wildman–Crippen LogP) is 4.31. The Hall–Kier alpha value is -3.91. The lowest BCUT2D eigenvalue weighted by Gasteiger charge is -2.10. The van der Waals surface area contributed by atoms with Crippen molar-refractivity contribution in [3.8, 4) is 11.4 Å². The fourth-order valence-electron chi connectivity index (χ4n) is 3.75. The molecule has 0 spiro atoms. The average molecular weight is 445 g/mol. The van der Waals surface area contributed by atoms with E-state index in [4.69, 9.17) is 15.5 Å². The molecule has 32 heavy (non-hydrogen) atoms. The van der Waals surface area contributed by atoms with Gasteiger partial charge < -0.3 is 10.5 Å². The molecule has 3 aromatic carbocycles. The average Bonchev–Trinajstić information content (AvgIpc) is 3.09. The number of hydrogen-bond acceptors (Lipinski definition) is 6. The molecule has 0 aliphatic heterocycles. The normalized spacial score (nSPS) is 11.8. The van der Waals surface area contributed by atoms with Crippen LogP contribution in [0.25, 0.3) is 27.9 Å². The summed E-state index contributed by atoms with van der Waals surface area (Å²) in [5.41, 5.74) is 9.92. The Balaban J connectivity index is 1.90. The lowest BCUT2D eigenvalue weighted by molar-refractivity contribution is 0.414. The highest BCUT2D eigenvalue weighted by atomic mass is 32.2. The van der Waals surface area contributed by atoms with Crippen LogP contribution in [0, 0.1) is 6.92 Å². The number of fused-ring (bicyclic) bond motifs is 2. The molecule has 2 heterocycles. The Morgan fingerprint density at radius 1 is 0.906 bits per heavy atom. The Morgan fingerprint density at radius 3 is 2.28 bits per heavy atom. The van der Waals surface area contributed by atoms with Crippen molar-refractivity contribution in [2.45, 2.75) is 16.7 Å². The van der Waals surface area contributed by atoms with Crippen molar-refractivity contribution in [2.24, 2.45) is 0 Å². The number of aromatic nitrogens is 3. The Kier molecular flexibility index (Phi) is 4.60. The van der Waals surface area contributed by atoms with Gasteiger partial charge in [-0.2, -0.15) is 0 Å². The zero-order valence-electron chi connectivity index (χ0n) is 17.5. The maximum Gasteiger partial charge on any atom is 0.212 e. The van der Waals surface area contributed by atoms with E-state index in [1.807, 2.05) is 37.3 Å². The second kappa shape index (κ2) is 7.35. The van der Waals surface area contributed by atoms with Gasteiger partial charge in [-0.1, -0.05) is 35.9 Å². The molecule has 0 unspecified atom stereocenters. The molecule has 0 atom stereocenters. The SMILES string of the molecule is COc1cccc(-n2c(N)c(S(=O)(=O)c3ccc(C)cc3)c3nc4ccccc4nc32)c1. The third-order valence-corrected chi connectivity index (χ3v) is 7.20. The quantitative estimate of drug-likeness (QED) is 0.443. The summed E-state index contributed by atoms with van der Waals surface area (Å²) in [6, 6.07) is 21.2. The zero-order chi connectivity index (χ0) is 22.5. The summed E-state index contributed by atoms with van der Waals surface area (Å²) in [5, 5.41) is 0. The third kappa shape index (κ3) is 3.07. The monoisotopic (exact) mass is 444 g/mol. The number of nitrogen functional groups attached to an aromatic ring is 1. The standard InChI is InChI=1S/C24H20N4O3S/c1-15-10-12-18(13-11-15)32(29,30)22-21-24(27-20-9-4-3-8-19(20)26-21)28(23(22)25)16-6-5-7-17(14-16)31-2/h3-14H,25H2,1-2H3. The number of sulfone groups is 1. The number of nitrogens with two attached hydrogens (primary N) is 1. The van der Waals surface area contributed by atoms with Crippen LogP contribution in [0.5, 0.6) is 5.75 Å². The number of hydrogen-bond donors (Lipinski definition) is 1. The molecule has 8 heteroatoms. The van der Waals surface area contributed by atoms with E-state index in [1.54, 1.807) is 54.1 Å². The summed E-state index contributed by atoms with van der Waals surface area (Å²) in [6.07, 6.45) is 0. The number of methoxy groups -OCH3 is 1. The number of anilines is 1. The van der Waals surface area contributed by atoms with E-state index in [2.05, 4.69) is 4.98 Å². The van der Waals surface area contributed by atoms with E-state index in [9.17, 15) is 8.42 Å². The molecular weight excluding hydrogens is 424 g/mol. The van der Waals surface area contributed by atoms with Crippen molar-refractivity contribution in [2.75, 3.05) is 12.8 Å². The van der Waals surface area contributed by atoms with E-state index in [0.29, 0.717) is 28.1 Å². The highest BCUT2D eigenvalue weighted by Gasteiger charge is 2.30. The molecule has 0 saturated heterocycles. The number of rotatable bonds is 4. The van der Waals surface area contributed by atoms with Gasteiger partial charge >= 0.3 is 0 Å². The minimum atomic E-state index is -3.96. The van der Waals surface area contributed by atoms with Crippen molar-refractivity contribution in [3.63, 3.8) is 0 Å². The first kappa shape index (κ1) is 20.0. The highest BCUT2D eigenvalue weighted by Crippen LogP contribution is 2.37. The summed E-state index contributed by atoms with van der Waals surface area (Å²) in [4.78, 5) is 9.48. The van der Waals surface area contributed by atoms with Crippen LogP contribution in [-0.2, 0) is 9.84 Å². The van der Waals surface area contributed by atoms with Crippen LogP contribution in [-0.4, -0.2) is 30.1 Å². The van der Waals surface area contributed by atoms with Crippen molar-refractivity contribution in [1.29, 1.82) is 0 Å². The molecule has 160 valence electrons. The van der Waals surface area contributed by atoms with Crippen LogP contribution in [0.4, 0.5) is 5.82 Å².